The summed E-state index contributed by atoms with van der Waals surface area (Å²) in [4.78, 5) is 14.4. The Kier molecular flexibility index (Phi) is 5.59. The van der Waals surface area contributed by atoms with Gasteiger partial charge < -0.3 is 4.90 Å². The van der Waals surface area contributed by atoms with Gasteiger partial charge in [-0.05, 0) is 63.6 Å². The molecule has 136 valence electrons. The second-order valence-electron chi connectivity index (χ2n) is 6.89. The molecule has 6 heteroatoms. The lowest BCUT2D eigenvalue weighted by atomic mass is 9.95. The average molecular weight is 362 g/mol. The first-order valence-electron chi connectivity index (χ1n) is 9.08. The molecule has 0 radical (unpaired) electrons. The fourth-order valence-electron chi connectivity index (χ4n) is 3.53. The van der Waals surface area contributed by atoms with Crippen LogP contribution in [0, 0.1) is 0 Å². The van der Waals surface area contributed by atoms with Crippen LogP contribution in [0.1, 0.15) is 55.8 Å². The normalized spacial score (nSPS) is 19.6. The molecule has 1 saturated heterocycles. The van der Waals surface area contributed by atoms with Crippen LogP contribution < -0.4 is 4.72 Å². The predicted molar refractivity (Wildman–Crippen MR) is 97.9 cm³/mol. The van der Waals surface area contributed by atoms with E-state index < -0.39 is 10.0 Å². The van der Waals surface area contributed by atoms with Gasteiger partial charge in [0.05, 0.1) is 4.90 Å². The summed E-state index contributed by atoms with van der Waals surface area (Å²) in [6.45, 7) is 3.38. The second-order valence-corrected chi connectivity index (χ2v) is 8.61. The maximum atomic E-state index is 12.7. The largest absolute Gasteiger partial charge is 0.339 e. The maximum Gasteiger partial charge on any atom is 0.253 e. The summed E-state index contributed by atoms with van der Waals surface area (Å²) in [6, 6.07) is 6.15. The van der Waals surface area contributed by atoms with E-state index in [2.05, 4.69) is 10.8 Å². The molecule has 0 bridgehead atoms. The summed E-state index contributed by atoms with van der Waals surface area (Å²) in [6.07, 6.45) is 8.40. The lowest BCUT2D eigenvalue weighted by Crippen LogP contribution is -2.34. The summed E-state index contributed by atoms with van der Waals surface area (Å²) in [5.41, 5.74) is 1.59. The van der Waals surface area contributed by atoms with Gasteiger partial charge in [-0.15, -0.1) is 0 Å². The van der Waals surface area contributed by atoms with Crippen molar-refractivity contribution >= 4 is 15.9 Å². The third kappa shape index (κ3) is 4.30. The molecule has 1 amide bonds. The summed E-state index contributed by atoms with van der Waals surface area (Å²) >= 11 is 0. The van der Waals surface area contributed by atoms with E-state index in [0.717, 1.165) is 50.8 Å². The first-order valence-corrected chi connectivity index (χ1v) is 10.6. The molecule has 1 aliphatic carbocycles. The van der Waals surface area contributed by atoms with E-state index in [1.807, 2.05) is 6.92 Å². The molecule has 25 heavy (non-hydrogen) atoms. The number of hydrogen-bond acceptors (Lipinski definition) is 3. The van der Waals surface area contributed by atoms with E-state index in [1.165, 1.54) is 12.5 Å². The zero-order chi connectivity index (χ0) is 17.9. The van der Waals surface area contributed by atoms with Crippen LogP contribution in [0.25, 0.3) is 0 Å². The van der Waals surface area contributed by atoms with Gasteiger partial charge in [0.2, 0.25) is 10.0 Å². The van der Waals surface area contributed by atoms with Crippen molar-refractivity contribution in [1.29, 1.82) is 0 Å². The van der Waals surface area contributed by atoms with Crippen molar-refractivity contribution in [1.82, 2.24) is 9.62 Å². The third-order valence-electron chi connectivity index (χ3n) is 5.00. The van der Waals surface area contributed by atoms with E-state index in [4.69, 9.17) is 0 Å². The fourth-order valence-corrected chi connectivity index (χ4v) is 4.82. The summed E-state index contributed by atoms with van der Waals surface area (Å²) in [5.74, 6) is -0.0856. The van der Waals surface area contributed by atoms with Gasteiger partial charge in [-0.2, -0.15) is 0 Å². The summed E-state index contributed by atoms with van der Waals surface area (Å²) in [5, 5.41) is 0. The minimum absolute atomic E-state index is 0.0856. The molecule has 3 rings (SSSR count). The molecule has 2 aliphatic rings. The van der Waals surface area contributed by atoms with Crippen molar-refractivity contribution in [2.24, 2.45) is 0 Å². The van der Waals surface area contributed by atoms with Crippen molar-refractivity contribution in [2.45, 2.75) is 56.4 Å². The van der Waals surface area contributed by atoms with Gasteiger partial charge >= 0.3 is 0 Å². The van der Waals surface area contributed by atoms with Gasteiger partial charge in [-0.25, -0.2) is 13.1 Å². The Bertz CT molecular complexity index is 765. The van der Waals surface area contributed by atoms with Crippen LogP contribution in [0.2, 0.25) is 0 Å². The van der Waals surface area contributed by atoms with Gasteiger partial charge in [0.15, 0.2) is 0 Å². The van der Waals surface area contributed by atoms with Crippen LogP contribution in [0.15, 0.2) is 40.8 Å². The quantitative estimate of drug-likeness (QED) is 0.819. The molecule has 0 aromatic heterocycles. The number of nitrogens with one attached hydrogen (secondary N) is 1. The molecule has 1 aromatic carbocycles. The van der Waals surface area contributed by atoms with Crippen LogP contribution in [-0.2, 0) is 10.0 Å². The standard InChI is InChI=1S/C19H26N2O3S/c1-15(16-8-3-2-4-9-16)20-25(23,24)18-11-7-10-17(14-18)19(22)21-12-5-6-13-21/h7-8,10-11,14-15,20H,2-6,9,12-13H2,1H3/t15-/m0/s1. The highest BCUT2D eigenvalue weighted by Gasteiger charge is 2.23. The van der Waals surface area contributed by atoms with Crippen molar-refractivity contribution < 1.29 is 13.2 Å². The van der Waals surface area contributed by atoms with Crippen LogP contribution >= 0.6 is 0 Å². The molecule has 1 fully saturated rings. The lowest BCUT2D eigenvalue weighted by molar-refractivity contribution is 0.0792. The molecule has 1 atom stereocenters. The maximum absolute atomic E-state index is 12.7. The van der Waals surface area contributed by atoms with E-state index in [0.29, 0.717) is 5.56 Å². The van der Waals surface area contributed by atoms with Crippen molar-refractivity contribution in [3.8, 4) is 0 Å². The number of rotatable bonds is 5. The van der Waals surface area contributed by atoms with Crippen molar-refractivity contribution in [2.75, 3.05) is 13.1 Å². The van der Waals surface area contributed by atoms with Crippen LogP contribution in [0.5, 0.6) is 0 Å². The Morgan fingerprint density at radius 3 is 2.60 bits per heavy atom. The number of sulfonamides is 1. The molecule has 0 saturated carbocycles. The molecular formula is C19H26N2O3S. The van der Waals surface area contributed by atoms with Gasteiger partial charge in [0.25, 0.3) is 5.91 Å². The molecule has 1 heterocycles. The first-order chi connectivity index (χ1) is 12.0. The van der Waals surface area contributed by atoms with E-state index in [9.17, 15) is 13.2 Å². The fraction of sp³-hybridized carbons (Fsp3) is 0.526. The number of carbonyl (C=O) groups excluding carboxylic acids is 1. The van der Waals surface area contributed by atoms with Gasteiger partial charge in [-0.3, -0.25) is 4.79 Å². The Hall–Kier alpha value is -1.66. The third-order valence-corrected chi connectivity index (χ3v) is 6.54. The average Bonchev–Trinajstić information content (AvgIpc) is 3.16. The SMILES string of the molecule is C[C@H](NS(=O)(=O)c1cccc(C(=O)N2CCCC2)c1)C1=CCCCC1. The monoisotopic (exact) mass is 362 g/mol. The number of likely N-dealkylation sites (tertiary alicyclic amines) is 1. The van der Waals surface area contributed by atoms with E-state index in [1.54, 1.807) is 23.1 Å². The first kappa shape index (κ1) is 18.1. The molecule has 5 nitrogen and oxygen atoms in total. The van der Waals surface area contributed by atoms with Crippen molar-refractivity contribution in [3.63, 3.8) is 0 Å². The second kappa shape index (κ2) is 7.70. The summed E-state index contributed by atoms with van der Waals surface area (Å²) < 4.78 is 28.2. The molecule has 1 aliphatic heterocycles. The topological polar surface area (TPSA) is 66.5 Å². The molecule has 1 N–H and O–H groups in total. The number of amides is 1. The highest BCUT2D eigenvalue weighted by atomic mass is 32.2. The zero-order valence-corrected chi connectivity index (χ0v) is 15.5. The van der Waals surface area contributed by atoms with Crippen LogP contribution in [0.3, 0.4) is 0 Å². The molecule has 1 aromatic rings. The van der Waals surface area contributed by atoms with Gasteiger partial charge in [-0.1, -0.05) is 17.7 Å². The van der Waals surface area contributed by atoms with Crippen molar-refractivity contribution in [3.05, 3.63) is 41.5 Å². The minimum Gasteiger partial charge on any atom is -0.339 e. The number of allylic oxidation sites excluding steroid dienone is 1. The van der Waals surface area contributed by atoms with E-state index in [-0.39, 0.29) is 16.8 Å². The molecule has 0 spiro atoms. The molecule has 0 unspecified atom stereocenters. The number of hydrogen-bond donors (Lipinski definition) is 1. The van der Waals surface area contributed by atoms with Gasteiger partial charge in [0.1, 0.15) is 0 Å². The Balaban J connectivity index is 1.76. The Morgan fingerprint density at radius 2 is 1.92 bits per heavy atom. The predicted octanol–water partition coefficient (Wildman–Crippen LogP) is 3.09. The Labute approximate surface area is 150 Å². The number of carbonyl (C=O) groups is 1. The summed E-state index contributed by atoms with van der Waals surface area (Å²) in [7, 11) is -3.65. The van der Waals surface area contributed by atoms with Gasteiger partial charge in [0, 0.05) is 24.7 Å². The van der Waals surface area contributed by atoms with Crippen LogP contribution in [-0.4, -0.2) is 38.4 Å². The number of benzene rings is 1. The highest BCUT2D eigenvalue weighted by molar-refractivity contribution is 7.89. The zero-order valence-electron chi connectivity index (χ0n) is 14.7. The minimum atomic E-state index is -3.65. The molecular weight excluding hydrogens is 336 g/mol. The van der Waals surface area contributed by atoms with E-state index >= 15 is 0 Å². The Morgan fingerprint density at radius 1 is 1.16 bits per heavy atom. The highest BCUT2D eigenvalue weighted by Crippen LogP contribution is 2.22. The lowest BCUT2D eigenvalue weighted by Gasteiger charge is -2.21. The number of nitrogens with zero attached hydrogens (tertiary/aromatic N) is 1. The van der Waals surface area contributed by atoms with Crippen LogP contribution in [0.4, 0.5) is 0 Å². The smallest absolute Gasteiger partial charge is 0.253 e.